The van der Waals surface area contributed by atoms with Gasteiger partial charge < -0.3 is 19.9 Å². The van der Waals surface area contributed by atoms with Crippen molar-refractivity contribution in [2.75, 3.05) is 51.8 Å². The molecule has 1 aromatic carbocycles. The number of carbonyl (C=O) groups is 1. The minimum Gasteiger partial charge on any atom is -0.381 e. The lowest BCUT2D eigenvalue weighted by molar-refractivity contribution is -0.00657. The fourth-order valence-corrected chi connectivity index (χ4v) is 4.04. The molecular weight excluding hydrogens is 338 g/mol. The molecule has 0 saturated carbocycles. The number of rotatable bonds is 5. The number of benzene rings is 1. The van der Waals surface area contributed by atoms with E-state index in [1.54, 1.807) is 6.07 Å². The first-order chi connectivity index (χ1) is 12.0. The van der Waals surface area contributed by atoms with Crippen LogP contribution in [0.3, 0.4) is 0 Å². The van der Waals surface area contributed by atoms with E-state index in [0.29, 0.717) is 17.1 Å². The summed E-state index contributed by atoms with van der Waals surface area (Å²) in [6, 6.07) is 5.64. The zero-order valence-corrected chi connectivity index (χ0v) is 15.9. The topological polar surface area (TPSA) is 44.8 Å². The summed E-state index contributed by atoms with van der Waals surface area (Å²) in [6.45, 7) is 4.18. The second-order valence-corrected chi connectivity index (χ2v) is 7.68. The van der Waals surface area contributed by atoms with Crippen molar-refractivity contribution >= 4 is 23.2 Å². The Balaban J connectivity index is 1.65. The minimum atomic E-state index is -0.0670. The van der Waals surface area contributed by atoms with E-state index in [4.69, 9.17) is 16.3 Å². The van der Waals surface area contributed by atoms with Crippen LogP contribution in [0.1, 0.15) is 36.0 Å². The molecule has 138 valence electrons. The molecule has 2 fully saturated rings. The van der Waals surface area contributed by atoms with Crippen molar-refractivity contribution in [3.63, 3.8) is 0 Å². The summed E-state index contributed by atoms with van der Waals surface area (Å²) in [5, 5.41) is 3.75. The number of hydrogen-bond donors (Lipinski definition) is 1. The molecule has 0 unspecified atom stereocenters. The highest BCUT2D eigenvalue weighted by molar-refractivity contribution is 6.33. The molecular formula is C19H28ClN3O2. The summed E-state index contributed by atoms with van der Waals surface area (Å²) >= 11 is 6.43. The number of nitrogens with zero attached hydrogens (tertiary/aromatic N) is 2. The first kappa shape index (κ1) is 18.5. The lowest BCUT2D eigenvalue weighted by Gasteiger charge is -2.42. The van der Waals surface area contributed by atoms with Crippen LogP contribution in [0.2, 0.25) is 5.02 Å². The van der Waals surface area contributed by atoms with Gasteiger partial charge in [-0.3, -0.25) is 4.79 Å². The lowest BCUT2D eigenvalue weighted by Crippen LogP contribution is -2.55. The van der Waals surface area contributed by atoms with Gasteiger partial charge in [-0.25, -0.2) is 0 Å². The van der Waals surface area contributed by atoms with Gasteiger partial charge in [0.05, 0.1) is 10.7 Å². The van der Waals surface area contributed by atoms with Crippen molar-refractivity contribution in [3.05, 3.63) is 28.8 Å². The first-order valence-corrected chi connectivity index (χ1v) is 9.47. The Hall–Kier alpha value is -1.30. The molecule has 2 saturated heterocycles. The highest BCUT2D eigenvalue weighted by Gasteiger charge is 2.35. The molecule has 6 heteroatoms. The van der Waals surface area contributed by atoms with Crippen molar-refractivity contribution in [1.29, 1.82) is 0 Å². The van der Waals surface area contributed by atoms with Crippen LogP contribution in [0, 0.1) is 0 Å². The molecule has 2 aliphatic rings. The molecule has 1 amide bonds. The Labute approximate surface area is 155 Å². The molecule has 5 nitrogen and oxygen atoms in total. The van der Waals surface area contributed by atoms with Gasteiger partial charge in [0.25, 0.3) is 5.91 Å². The third-order valence-electron chi connectivity index (χ3n) is 5.61. The molecule has 0 radical (unpaired) electrons. The smallest absolute Gasteiger partial charge is 0.251 e. The van der Waals surface area contributed by atoms with E-state index >= 15 is 0 Å². The fourth-order valence-electron chi connectivity index (χ4n) is 3.74. The van der Waals surface area contributed by atoms with Gasteiger partial charge in [0.15, 0.2) is 0 Å². The maximum absolute atomic E-state index is 12.6. The minimum absolute atomic E-state index is 0.0345. The van der Waals surface area contributed by atoms with Crippen molar-refractivity contribution in [2.24, 2.45) is 0 Å². The number of anilines is 1. The summed E-state index contributed by atoms with van der Waals surface area (Å²) < 4.78 is 5.48. The van der Waals surface area contributed by atoms with Crippen molar-refractivity contribution < 1.29 is 9.53 Å². The molecule has 0 spiro atoms. The number of hydrogen-bond acceptors (Lipinski definition) is 4. The average Bonchev–Trinajstić information content (AvgIpc) is 3.14. The van der Waals surface area contributed by atoms with Crippen LogP contribution < -0.4 is 10.2 Å². The van der Waals surface area contributed by atoms with E-state index in [0.717, 1.165) is 44.8 Å². The quantitative estimate of drug-likeness (QED) is 0.871. The van der Waals surface area contributed by atoms with Gasteiger partial charge >= 0.3 is 0 Å². The van der Waals surface area contributed by atoms with Crippen molar-refractivity contribution in [3.8, 4) is 0 Å². The molecule has 0 bridgehead atoms. The van der Waals surface area contributed by atoms with Gasteiger partial charge in [-0.05, 0) is 58.0 Å². The number of ether oxygens (including phenoxy) is 1. The monoisotopic (exact) mass is 365 g/mol. The van der Waals surface area contributed by atoms with E-state index in [-0.39, 0.29) is 11.4 Å². The van der Waals surface area contributed by atoms with Gasteiger partial charge in [-0.2, -0.15) is 0 Å². The summed E-state index contributed by atoms with van der Waals surface area (Å²) in [5.74, 6) is -0.0670. The van der Waals surface area contributed by atoms with E-state index in [1.807, 2.05) is 12.1 Å². The molecule has 0 aromatic heterocycles. The van der Waals surface area contributed by atoms with E-state index in [9.17, 15) is 4.79 Å². The molecule has 3 rings (SSSR count). The van der Waals surface area contributed by atoms with E-state index < -0.39 is 0 Å². The Kier molecular flexibility index (Phi) is 5.87. The largest absolute Gasteiger partial charge is 0.381 e. The molecule has 0 atom stereocenters. The Morgan fingerprint density at radius 3 is 2.56 bits per heavy atom. The van der Waals surface area contributed by atoms with E-state index in [2.05, 4.69) is 29.2 Å². The normalized spacial score (nSPS) is 20.1. The van der Waals surface area contributed by atoms with Crippen LogP contribution in [0.4, 0.5) is 5.69 Å². The predicted octanol–water partition coefficient (Wildman–Crippen LogP) is 2.78. The maximum atomic E-state index is 12.6. The Morgan fingerprint density at radius 1 is 1.28 bits per heavy atom. The number of carbonyl (C=O) groups excluding carboxylic acids is 1. The number of likely N-dealkylation sites (N-methyl/N-ethyl adjacent to an activating group) is 1. The lowest BCUT2D eigenvalue weighted by atomic mass is 9.88. The summed E-state index contributed by atoms with van der Waals surface area (Å²) in [5.41, 5.74) is 1.62. The summed E-state index contributed by atoms with van der Waals surface area (Å²) in [6.07, 6.45) is 4.26. The van der Waals surface area contributed by atoms with Gasteiger partial charge in [0.2, 0.25) is 0 Å². The molecule has 1 aromatic rings. The van der Waals surface area contributed by atoms with Crippen molar-refractivity contribution in [2.45, 2.75) is 31.2 Å². The van der Waals surface area contributed by atoms with Crippen LogP contribution in [0.15, 0.2) is 18.2 Å². The van der Waals surface area contributed by atoms with Crippen LogP contribution in [0.5, 0.6) is 0 Å². The highest BCUT2D eigenvalue weighted by Crippen LogP contribution is 2.30. The van der Waals surface area contributed by atoms with Crippen LogP contribution in [-0.2, 0) is 4.74 Å². The van der Waals surface area contributed by atoms with Crippen LogP contribution >= 0.6 is 11.6 Å². The third kappa shape index (κ3) is 4.10. The standard InChI is InChI=1S/C19H28ClN3O2/c1-22(2)19(7-11-25-12-8-19)14-21-18(24)15-5-6-17(16(20)13-15)23-9-3-4-10-23/h5-6,13H,3-4,7-12,14H2,1-2H3,(H,21,24). The van der Waals surface area contributed by atoms with Crippen LogP contribution in [-0.4, -0.2) is 63.3 Å². The molecule has 0 aliphatic carbocycles. The molecule has 2 heterocycles. The summed E-state index contributed by atoms with van der Waals surface area (Å²) in [4.78, 5) is 17.1. The van der Waals surface area contributed by atoms with Gasteiger partial charge in [0.1, 0.15) is 0 Å². The highest BCUT2D eigenvalue weighted by atomic mass is 35.5. The van der Waals surface area contributed by atoms with Gasteiger partial charge in [0, 0.05) is 44.0 Å². The molecule has 2 aliphatic heterocycles. The number of amides is 1. The number of halogens is 1. The van der Waals surface area contributed by atoms with Gasteiger partial charge in [-0.1, -0.05) is 11.6 Å². The predicted molar refractivity (Wildman–Crippen MR) is 102 cm³/mol. The number of nitrogens with one attached hydrogen (secondary N) is 1. The van der Waals surface area contributed by atoms with Crippen molar-refractivity contribution in [1.82, 2.24) is 10.2 Å². The SMILES string of the molecule is CN(C)C1(CNC(=O)c2ccc(N3CCCC3)c(Cl)c2)CCOCC1. The molecule has 25 heavy (non-hydrogen) atoms. The zero-order chi connectivity index (χ0) is 17.9. The first-order valence-electron chi connectivity index (χ1n) is 9.10. The zero-order valence-electron chi connectivity index (χ0n) is 15.2. The van der Waals surface area contributed by atoms with E-state index in [1.165, 1.54) is 12.8 Å². The maximum Gasteiger partial charge on any atom is 0.251 e. The third-order valence-corrected chi connectivity index (χ3v) is 5.91. The Morgan fingerprint density at radius 2 is 1.96 bits per heavy atom. The van der Waals surface area contributed by atoms with Gasteiger partial charge in [-0.15, -0.1) is 0 Å². The van der Waals surface area contributed by atoms with Crippen LogP contribution in [0.25, 0.3) is 0 Å². The Bertz CT molecular complexity index is 609. The molecule has 1 N–H and O–H groups in total. The fraction of sp³-hybridized carbons (Fsp3) is 0.632. The summed E-state index contributed by atoms with van der Waals surface area (Å²) in [7, 11) is 4.14. The second kappa shape index (κ2) is 7.94. The average molecular weight is 366 g/mol. The second-order valence-electron chi connectivity index (χ2n) is 7.27.